The Kier molecular flexibility index (Phi) is 14.0. The van der Waals surface area contributed by atoms with Gasteiger partial charge < -0.3 is 5.11 Å². The monoisotopic (exact) mass is 204 g/mol. The van der Waals surface area contributed by atoms with Crippen LogP contribution in [-0.2, 0) is 4.79 Å². The van der Waals surface area contributed by atoms with Crippen molar-refractivity contribution in [3.05, 3.63) is 0 Å². The minimum absolute atomic E-state index is 0.782. The van der Waals surface area contributed by atoms with Gasteiger partial charge in [0.25, 0.3) is 5.97 Å². The Labute approximate surface area is 86.8 Å². The van der Waals surface area contributed by atoms with Crippen LogP contribution in [0.25, 0.3) is 0 Å². The van der Waals surface area contributed by atoms with Crippen LogP contribution in [0, 0.1) is 5.92 Å². The number of hydrogen-bond acceptors (Lipinski definition) is 3. The van der Waals surface area contributed by atoms with E-state index < -0.39 is 5.97 Å². The van der Waals surface area contributed by atoms with E-state index in [-0.39, 0.29) is 0 Å². The third kappa shape index (κ3) is 17.5. The van der Waals surface area contributed by atoms with Crippen molar-refractivity contribution >= 4 is 5.97 Å². The average molecular weight is 204 g/mol. The summed E-state index contributed by atoms with van der Waals surface area (Å²) in [6.45, 7) is 6.50. The maximum absolute atomic E-state index is 9.00. The SMILES string of the molecule is CC(=O)O.CCCCC(CC)CNN. The number of carboxylic acid groups (broad SMARTS) is 1. The molecule has 0 aliphatic carbocycles. The van der Waals surface area contributed by atoms with Gasteiger partial charge in [-0.1, -0.05) is 33.1 Å². The fourth-order valence-electron chi connectivity index (χ4n) is 1.11. The quantitative estimate of drug-likeness (QED) is 0.455. The zero-order valence-electron chi connectivity index (χ0n) is 9.55. The molecule has 0 bridgehead atoms. The highest BCUT2D eigenvalue weighted by molar-refractivity contribution is 5.62. The summed E-state index contributed by atoms with van der Waals surface area (Å²) < 4.78 is 0. The van der Waals surface area contributed by atoms with Gasteiger partial charge in [0.05, 0.1) is 0 Å². The Bertz CT molecular complexity index is 125. The van der Waals surface area contributed by atoms with Crippen LogP contribution in [0.3, 0.4) is 0 Å². The van der Waals surface area contributed by atoms with Gasteiger partial charge in [-0.2, -0.15) is 0 Å². The maximum Gasteiger partial charge on any atom is 0.300 e. The van der Waals surface area contributed by atoms with Crippen LogP contribution in [-0.4, -0.2) is 17.6 Å². The molecule has 0 spiro atoms. The van der Waals surface area contributed by atoms with Crippen LogP contribution < -0.4 is 11.3 Å². The summed E-state index contributed by atoms with van der Waals surface area (Å²) in [5.41, 5.74) is 2.73. The van der Waals surface area contributed by atoms with Crippen molar-refractivity contribution in [2.45, 2.75) is 46.5 Å². The summed E-state index contributed by atoms with van der Waals surface area (Å²) in [6, 6.07) is 0. The van der Waals surface area contributed by atoms with Crippen LogP contribution in [0.2, 0.25) is 0 Å². The summed E-state index contributed by atoms with van der Waals surface area (Å²) >= 11 is 0. The number of aliphatic carboxylic acids is 1. The molecule has 1 unspecified atom stereocenters. The number of nitrogens with one attached hydrogen (secondary N) is 1. The molecule has 0 saturated heterocycles. The Balaban J connectivity index is 0. The average Bonchev–Trinajstić information content (AvgIpc) is 2.11. The zero-order chi connectivity index (χ0) is 11.4. The predicted molar refractivity (Wildman–Crippen MR) is 58.8 cm³/mol. The van der Waals surface area contributed by atoms with Gasteiger partial charge in [0.15, 0.2) is 0 Å². The lowest BCUT2D eigenvalue weighted by Crippen LogP contribution is -2.28. The molecule has 14 heavy (non-hydrogen) atoms. The molecule has 0 aromatic rings. The predicted octanol–water partition coefficient (Wildman–Crippen LogP) is 1.76. The second-order valence-corrected chi connectivity index (χ2v) is 3.34. The van der Waals surface area contributed by atoms with Crippen molar-refractivity contribution in [3.63, 3.8) is 0 Å². The summed E-state index contributed by atoms with van der Waals surface area (Å²) in [6.07, 6.45) is 5.18. The normalized spacial score (nSPS) is 11.4. The molecule has 0 aliphatic rings. The van der Waals surface area contributed by atoms with E-state index in [0.29, 0.717) is 0 Å². The lowest BCUT2D eigenvalue weighted by Gasteiger charge is -2.12. The standard InChI is InChI=1S/C8H20N2.C2H4O2/c1-3-5-6-8(4-2)7-10-9;1-2(3)4/h8,10H,3-7,9H2,1-2H3;1H3,(H,3,4). The molecule has 0 rings (SSSR count). The van der Waals surface area contributed by atoms with Gasteiger partial charge >= 0.3 is 0 Å². The van der Waals surface area contributed by atoms with Gasteiger partial charge in [-0.15, -0.1) is 0 Å². The first kappa shape index (κ1) is 15.8. The smallest absolute Gasteiger partial charge is 0.300 e. The van der Waals surface area contributed by atoms with Crippen molar-refractivity contribution in [2.24, 2.45) is 11.8 Å². The fourth-order valence-corrected chi connectivity index (χ4v) is 1.11. The summed E-state index contributed by atoms with van der Waals surface area (Å²) in [4.78, 5) is 9.00. The largest absolute Gasteiger partial charge is 0.481 e. The van der Waals surface area contributed by atoms with Gasteiger partial charge in [0, 0.05) is 13.5 Å². The van der Waals surface area contributed by atoms with E-state index in [2.05, 4.69) is 19.3 Å². The second-order valence-electron chi connectivity index (χ2n) is 3.34. The van der Waals surface area contributed by atoms with Crippen LogP contribution in [0.4, 0.5) is 0 Å². The Hall–Kier alpha value is -0.610. The molecule has 0 saturated carbocycles. The molecule has 0 aliphatic heterocycles. The molecule has 0 fully saturated rings. The highest BCUT2D eigenvalue weighted by atomic mass is 16.4. The minimum atomic E-state index is -0.833. The van der Waals surface area contributed by atoms with Crippen molar-refractivity contribution in [3.8, 4) is 0 Å². The highest BCUT2D eigenvalue weighted by Gasteiger charge is 2.02. The van der Waals surface area contributed by atoms with Gasteiger partial charge in [0.2, 0.25) is 0 Å². The van der Waals surface area contributed by atoms with E-state index in [4.69, 9.17) is 15.7 Å². The van der Waals surface area contributed by atoms with Crippen molar-refractivity contribution in [2.75, 3.05) is 6.54 Å². The van der Waals surface area contributed by atoms with Gasteiger partial charge in [-0.3, -0.25) is 16.1 Å². The van der Waals surface area contributed by atoms with Gasteiger partial charge in [0.1, 0.15) is 0 Å². The summed E-state index contributed by atoms with van der Waals surface area (Å²) in [7, 11) is 0. The molecule has 0 aromatic carbocycles. The zero-order valence-corrected chi connectivity index (χ0v) is 9.55. The van der Waals surface area contributed by atoms with Gasteiger partial charge in [-0.25, -0.2) is 0 Å². The van der Waals surface area contributed by atoms with E-state index in [0.717, 1.165) is 19.4 Å². The molecule has 1 atom stereocenters. The van der Waals surface area contributed by atoms with Crippen LogP contribution >= 0.6 is 0 Å². The number of rotatable bonds is 6. The van der Waals surface area contributed by atoms with E-state index in [1.807, 2.05) is 0 Å². The Morgan fingerprint density at radius 2 is 2.00 bits per heavy atom. The molecule has 0 amide bonds. The first-order valence-electron chi connectivity index (χ1n) is 5.21. The van der Waals surface area contributed by atoms with Crippen LogP contribution in [0.15, 0.2) is 0 Å². The molecule has 0 aromatic heterocycles. The van der Waals surface area contributed by atoms with Crippen LogP contribution in [0.1, 0.15) is 46.5 Å². The third-order valence-electron chi connectivity index (χ3n) is 1.95. The van der Waals surface area contributed by atoms with Crippen molar-refractivity contribution in [1.82, 2.24) is 5.43 Å². The van der Waals surface area contributed by atoms with E-state index >= 15 is 0 Å². The Morgan fingerprint density at radius 3 is 2.29 bits per heavy atom. The topological polar surface area (TPSA) is 75.3 Å². The highest BCUT2D eigenvalue weighted by Crippen LogP contribution is 2.10. The number of unbranched alkanes of at least 4 members (excludes halogenated alkanes) is 1. The lowest BCUT2D eigenvalue weighted by molar-refractivity contribution is -0.134. The first-order valence-corrected chi connectivity index (χ1v) is 5.21. The first-order chi connectivity index (χ1) is 6.58. The lowest BCUT2D eigenvalue weighted by atomic mass is 10.00. The number of carboxylic acids is 1. The van der Waals surface area contributed by atoms with Gasteiger partial charge in [-0.05, 0) is 12.3 Å². The molecule has 0 heterocycles. The molecular formula is C10H24N2O2. The number of hydrogen-bond donors (Lipinski definition) is 3. The third-order valence-corrected chi connectivity index (χ3v) is 1.95. The fraction of sp³-hybridized carbons (Fsp3) is 0.900. The molecule has 4 nitrogen and oxygen atoms in total. The van der Waals surface area contributed by atoms with Crippen molar-refractivity contribution < 1.29 is 9.90 Å². The molecule has 4 N–H and O–H groups in total. The number of carbonyl (C=O) groups is 1. The Morgan fingerprint density at radius 1 is 1.50 bits per heavy atom. The summed E-state index contributed by atoms with van der Waals surface area (Å²) in [5, 5.41) is 7.42. The van der Waals surface area contributed by atoms with E-state index in [1.54, 1.807) is 0 Å². The molecule has 4 heteroatoms. The molecule has 0 radical (unpaired) electrons. The second kappa shape index (κ2) is 12.4. The van der Waals surface area contributed by atoms with E-state index in [1.165, 1.54) is 25.7 Å². The molecular weight excluding hydrogens is 180 g/mol. The minimum Gasteiger partial charge on any atom is -0.481 e. The van der Waals surface area contributed by atoms with Crippen molar-refractivity contribution in [1.29, 1.82) is 0 Å². The van der Waals surface area contributed by atoms with Crippen LogP contribution in [0.5, 0.6) is 0 Å². The maximum atomic E-state index is 9.00. The number of hydrazine groups is 1. The van der Waals surface area contributed by atoms with E-state index in [9.17, 15) is 0 Å². The summed E-state index contributed by atoms with van der Waals surface area (Å²) in [5.74, 6) is 5.18. The molecule has 86 valence electrons. The number of nitrogens with two attached hydrogens (primary N) is 1.